The van der Waals surface area contributed by atoms with Crippen molar-refractivity contribution in [1.82, 2.24) is 15.8 Å². The number of nitro groups is 1. The maximum absolute atomic E-state index is 11.5. The zero-order valence-corrected chi connectivity index (χ0v) is 10.8. The first-order valence-corrected chi connectivity index (χ1v) is 5.97. The van der Waals surface area contributed by atoms with Gasteiger partial charge < -0.3 is 5.32 Å². The highest BCUT2D eigenvalue weighted by Crippen LogP contribution is 2.21. The highest BCUT2D eigenvalue weighted by Gasteiger charge is 2.27. The van der Waals surface area contributed by atoms with Crippen molar-refractivity contribution in [1.29, 1.82) is 0 Å². The van der Waals surface area contributed by atoms with E-state index in [0.717, 1.165) is 5.56 Å². The third kappa shape index (κ3) is 2.88. The number of hydrogen-bond acceptors (Lipinski definition) is 5. The lowest BCUT2D eigenvalue weighted by molar-refractivity contribution is -0.385. The molecule has 2 N–H and O–H groups in total. The molecule has 19 heavy (non-hydrogen) atoms. The summed E-state index contributed by atoms with van der Waals surface area (Å²) in [6.45, 7) is 2.72. The smallest absolute Gasteiger partial charge is 0.272 e. The van der Waals surface area contributed by atoms with E-state index in [4.69, 9.17) is 0 Å². The van der Waals surface area contributed by atoms with E-state index >= 15 is 0 Å². The maximum Gasteiger partial charge on any atom is 0.272 e. The SMILES string of the molecule is Cc1c(CNC2CN(C)NC2=O)cccc1[N+](=O)[O-]. The fourth-order valence-corrected chi connectivity index (χ4v) is 2.12. The van der Waals surface area contributed by atoms with Gasteiger partial charge in [0.15, 0.2) is 0 Å². The van der Waals surface area contributed by atoms with Gasteiger partial charge in [0.2, 0.25) is 0 Å². The predicted molar refractivity (Wildman–Crippen MR) is 69.2 cm³/mol. The topological polar surface area (TPSA) is 87.5 Å². The van der Waals surface area contributed by atoms with E-state index in [9.17, 15) is 14.9 Å². The first-order valence-electron chi connectivity index (χ1n) is 5.97. The number of carbonyl (C=O) groups is 1. The van der Waals surface area contributed by atoms with Gasteiger partial charge in [-0.1, -0.05) is 12.1 Å². The van der Waals surface area contributed by atoms with Gasteiger partial charge >= 0.3 is 0 Å². The van der Waals surface area contributed by atoms with Crippen molar-refractivity contribution in [2.45, 2.75) is 19.5 Å². The van der Waals surface area contributed by atoms with E-state index in [1.165, 1.54) is 6.07 Å². The lowest BCUT2D eigenvalue weighted by atomic mass is 10.1. The third-order valence-electron chi connectivity index (χ3n) is 3.23. The molecule has 2 rings (SSSR count). The molecule has 1 saturated heterocycles. The quantitative estimate of drug-likeness (QED) is 0.604. The fourth-order valence-electron chi connectivity index (χ4n) is 2.12. The first-order chi connectivity index (χ1) is 8.99. The van der Waals surface area contributed by atoms with E-state index in [1.807, 2.05) is 6.07 Å². The second-order valence-electron chi connectivity index (χ2n) is 4.61. The van der Waals surface area contributed by atoms with Crippen LogP contribution >= 0.6 is 0 Å². The largest absolute Gasteiger partial charge is 0.301 e. The number of hydrazine groups is 1. The molecule has 0 aliphatic carbocycles. The molecule has 1 fully saturated rings. The number of benzene rings is 1. The molecule has 1 amide bonds. The summed E-state index contributed by atoms with van der Waals surface area (Å²) in [6.07, 6.45) is 0. The van der Waals surface area contributed by atoms with Crippen molar-refractivity contribution in [2.24, 2.45) is 0 Å². The normalized spacial score (nSPS) is 19.5. The highest BCUT2D eigenvalue weighted by atomic mass is 16.6. The van der Waals surface area contributed by atoms with Gasteiger partial charge in [0.1, 0.15) is 6.04 Å². The molecule has 0 saturated carbocycles. The number of nitro benzene ring substituents is 1. The summed E-state index contributed by atoms with van der Waals surface area (Å²) < 4.78 is 0. The Balaban J connectivity index is 2.06. The Morgan fingerprint density at radius 1 is 1.58 bits per heavy atom. The summed E-state index contributed by atoms with van der Waals surface area (Å²) in [6, 6.07) is 4.67. The van der Waals surface area contributed by atoms with E-state index in [2.05, 4.69) is 10.7 Å². The number of nitrogens with one attached hydrogen (secondary N) is 2. The van der Waals surface area contributed by atoms with Crippen molar-refractivity contribution in [3.8, 4) is 0 Å². The molecule has 0 aromatic heterocycles. The van der Waals surface area contributed by atoms with Crippen LogP contribution in [0.4, 0.5) is 5.69 Å². The zero-order valence-electron chi connectivity index (χ0n) is 10.8. The molecule has 7 nitrogen and oxygen atoms in total. The van der Waals surface area contributed by atoms with E-state index in [0.29, 0.717) is 18.7 Å². The van der Waals surface area contributed by atoms with Gasteiger partial charge in [-0.25, -0.2) is 5.01 Å². The summed E-state index contributed by atoms with van der Waals surface area (Å²) in [7, 11) is 1.79. The number of hydrogen-bond donors (Lipinski definition) is 2. The van der Waals surface area contributed by atoms with Gasteiger partial charge in [-0.2, -0.15) is 0 Å². The fraction of sp³-hybridized carbons (Fsp3) is 0.417. The predicted octanol–water partition coefficient (Wildman–Crippen LogP) is 0.338. The van der Waals surface area contributed by atoms with Crippen LogP contribution in [-0.2, 0) is 11.3 Å². The molecule has 0 spiro atoms. The van der Waals surface area contributed by atoms with Crippen molar-refractivity contribution in [3.05, 3.63) is 39.4 Å². The van der Waals surface area contributed by atoms with Gasteiger partial charge in [0.05, 0.1) is 4.92 Å². The number of rotatable bonds is 4. The Bertz CT molecular complexity index is 518. The summed E-state index contributed by atoms with van der Waals surface area (Å²) in [5.74, 6) is -0.0782. The van der Waals surface area contributed by atoms with Gasteiger partial charge in [-0.3, -0.25) is 20.3 Å². The Kier molecular flexibility index (Phi) is 3.77. The van der Waals surface area contributed by atoms with Crippen LogP contribution in [-0.4, -0.2) is 35.5 Å². The van der Waals surface area contributed by atoms with Crippen LogP contribution in [0.2, 0.25) is 0 Å². The molecule has 1 atom stereocenters. The Morgan fingerprint density at radius 2 is 2.32 bits per heavy atom. The van der Waals surface area contributed by atoms with Gasteiger partial charge in [0, 0.05) is 31.8 Å². The molecular weight excluding hydrogens is 248 g/mol. The Labute approximate surface area is 110 Å². The van der Waals surface area contributed by atoms with E-state index in [1.54, 1.807) is 25.0 Å². The summed E-state index contributed by atoms with van der Waals surface area (Å²) in [5.41, 5.74) is 4.24. The van der Waals surface area contributed by atoms with Gasteiger partial charge in [0.25, 0.3) is 11.6 Å². The summed E-state index contributed by atoms with van der Waals surface area (Å²) in [5, 5.41) is 15.7. The Hall–Kier alpha value is -1.99. The average molecular weight is 264 g/mol. The minimum absolute atomic E-state index is 0.0782. The minimum atomic E-state index is -0.394. The number of amides is 1. The molecule has 1 aromatic rings. The highest BCUT2D eigenvalue weighted by molar-refractivity contribution is 5.83. The standard InChI is InChI=1S/C12H16N4O3/c1-8-9(4-3-5-11(8)16(18)19)6-13-10-7-15(2)14-12(10)17/h3-5,10,13H,6-7H2,1-2H3,(H,14,17). The van der Waals surface area contributed by atoms with E-state index in [-0.39, 0.29) is 17.6 Å². The number of likely N-dealkylation sites (N-methyl/N-ethyl adjacent to an activating group) is 1. The first kappa shape index (κ1) is 13.4. The average Bonchev–Trinajstić information content (AvgIpc) is 2.66. The zero-order chi connectivity index (χ0) is 14.0. The third-order valence-corrected chi connectivity index (χ3v) is 3.23. The monoisotopic (exact) mass is 264 g/mol. The van der Waals surface area contributed by atoms with Crippen LogP contribution in [0, 0.1) is 17.0 Å². The van der Waals surface area contributed by atoms with Crippen LogP contribution in [0.3, 0.4) is 0 Å². The molecule has 0 bridgehead atoms. The molecular formula is C12H16N4O3. The molecule has 1 aliphatic heterocycles. The van der Waals surface area contributed by atoms with Crippen molar-refractivity contribution in [2.75, 3.05) is 13.6 Å². The molecule has 7 heteroatoms. The Morgan fingerprint density at radius 3 is 2.89 bits per heavy atom. The van der Waals surface area contributed by atoms with Crippen LogP contribution in [0.1, 0.15) is 11.1 Å². The molecule has 0 radical (unpaired) electrons. The maximum atomic E-state index is 11.5. The molecule has 1 aliphatic rings. The molecule has 1 unspecified atom stereocenters. The van der Waals surface area contributed by atoms with Gasteiger partial charge in [-0.15, -0.1) is 0 Å². The van der Waals surface area contributed by atoms with E-state index < -0.39 is 4.92 Å². The van der Waals surface area contributed by atoms with Crippen LogP contribution < -0.4 is 10.7 Å². The van der Waals surface area contributed by atoms with Crippen molar-refractivity contribution in [3.63, 3.8) is 0 Å². The molecule has 102 valence electrons. The van der Waals surface area contributed by atoms with Crippen LogP contribution in [0.15, 0.2) is 18.2 Å². The number of carbonyl (C=O) groups excluding carboxylic acids is 1. The van der Waals surface area contributed by atoms with Crippen molar-refractivity contribution >= 4 is 11.6 Å². The minimum Gasteiger partial charge on any atom is -0.301 e. The lowest BCUT2D eigenvalue weighted by Gasteiger charge is -2.11. The van der Waals surface area contributed by atoms with Gasteiger partial charge in [-0.05, 0) is 12.5 Å². The molecule has 1 heterocycles. The second-order valence-corrected chi connectivity index (χ2v) is 4.61. The van der Waals surface area contributed by atoms with Crippen LogP contribution in [0.25, 0.3) is 0 Å². The van der Waals surface area contributed by atoms with Crippen molar-refractivity contribution < 1.29 is 9.72 Å². The lowest BCUT2D eigenvalue weighted by Crippen LogP contribution is -2.37. The van der Waals surface area contributed by atoms with Crippen LogP contribution in [0.5, 0.6) is 0 Å². The second kappa shape index (κ2) is 5.33. The molecule has 1 aromatic carbocycles. The summed E-state index contributed by atoms with van der Waals surface area (Å²) in [4.78, 5) is 22.0. The summed E-state index contributed by atoms with van der Waals surface area (Å²) >= 11 is 0. The number of nitrogens with zero attached hydrogens (tertiary/aromatic N) is 2.